The van der Waals surface area contributed by atoms with Crippen LogP contribution in [0.15, 0.2) is 60.7 Å². The van der Waals surface area contributed by atoms with E-state index in [-0.39, 0.29) is 17.3 Å². The van der Waals surface area contributed by atoms with Gasteiger partial charge in [-0.2, -0.15) is 4.67 Å². The number of benzene rings is 3. The Balaban J connectivity index is 1.91. The van der Waals surface area contributed by atoms with Gasteiger partial charge >= 0.3 is 7.15 Å². The van der Waals surface area contributed by atoms with Crippen LogP contribution in [-0.2, 0) is 4.57 Å². The molecule has 5 heteroatoms. The van der Waals surface area contributed by atoms with Gasteiger partial charge in [0.25, 0.3) is 0 Å². The average molecular weight is 534 g/mol. The van der Waals surface area contributed by atoms with E-state index in [1.807, 2.05) is 18.2 Å². The number of nitrogens with one attached hydrogen (secondary N) is 1. The van der Waals surface area contributed by atoms with Gasteiger partial charge in [-0.05, 0) is 94.7 Å². The Morgan fingerprint density at radius 1 is 0.811 bits per heavy atom. The predicted molar refractivity (Wildman–Crippen MR) is 166 cm³/mol. The van der Waals surface area contributed by atoms with Gasteiger partial charge in [0.05, 0.1) is 17.0 Å². The lowest BCUT2D eigenvalue weighted by Crippen LogP contribution is -2.40. The lowest BCUT2D eigenvalue weighted by atomic mass is 10.0. The van der Waals surface area contributed by atoms with E-state index in [1.54, 1.807) is 0 Å². The van der Waals surface area contributed by atoms with Crippen molar-refractivity contribution in [3.63, 3.8) is 0 Å². The quantitative estimate of drug-likeness (QED) is 0.263. The number of anilines is 2. The summed E-state index contributed by atoms with van der Waals surface area (Å²) in [7, 11) is -1.74. The van der Waals surface area contributed by atoms with Crippen LogP contribution in [-0.4, -0.2) is 17.3 Å². The molecule has 37 heavy (non-hydrogen) atoms. The van der Waals surface area contributed by atoms with Crippen molar-refractivity contribution >= 4 is 36.0 Å². The molecule has 0 heterocycles. The van der Waals surface area contributed by atoms with Crippen LogP contribution in [0.5, 0.6) is 0 Å². The lowest BCUT2D eigenvalue weighted by molar-refractivity contribution is 0.576. The molecule has 0 saturated heterocycles. The Morgan fingerprint density at radius 3 is 1.86 bits per heavy atom. The smallest absolute Gasteiger partial charge is 0.380 e. The van der Waals surface area contributed by atoms with Gasteiger partial charge < -0.3 is 5.32 Å². The Labute approximate surface area is 229 Å². The van der Waals surface area contributed by atoms with Crippen molar-refractivity contribution in [1.82, 2.24) is 0 Å². The van der Waals surface area contributed by atoms with Crippen LogP contribution >= 0.6 is 18.5 Å². The van der Waals surface area contributed by atoms with E-state index >= 15 is 0 Å². The summed E-state index contributed by atoms with van der Waals surface area (Å²) in [4.78, 5) is 0. The topological polar surface area (TPSA) is 32.3 Å². The monoisotopic (exact) mass is 533 g/mol. The molecule has 0 fully saturated rings. The van der Waals surface area contributed by atoms with Crippen LogP contribution in [0.1, 0.15) is 59.7 Å². The van der Waals surface area contributed by atoms with Gasteiger partial charge in [-0.3, -0.25) is 0 Å². The highest BCUT2D eigenvalue weighted by Crippen LogP contribution is 2.51. The van der Waals surface area contributed by atoms with E-state index < -0.39 is 7.15 Å². The van der Waals surface area contributed by atoms with Crippen LogP contribution in [0.2, 0.25) is 0 Å². The maximum absolute atomic E-state index is 14.1. The molecule has 4 atom stereocenters. The van der Waals surface area contributed by atoms with E-state index in [2.05, 4.69) is 121 Å². The van der Waals surface area contributed by atoms with E-state index in [0.29, 0.717) is 0 Å². The minimum atomic E-state index is -1.74. The minimum Gasteiger partial charge on any atom is -0.380 e. The molecule has 4 unspecified atom stereocenters. The van der Waals surface area contributed by atoms with E-state index in [0.717, 1.165) is 22.4 Å². The molecule has 0 radical (unpaired) electrons. The van der Waals surface area contributed by atoms with Crippen LogP contribution < -0.4 is 9.99 Å². The standard InChI is InChI=1S/C32H42N2OPS/c1-21-17-23(3)31(24(4)18-21)33-28(8)29(9)34(32-25(5)19-22(2)20-26(32)6)36(35)37-27(7)15-16-30-13-11-10-12-14-30/h10-20,27-29,33H,1-9H3/q+1/b16-15+. The van der Waals surface area contributed by atoms with E-state index in [9.17, 15) is 4.57 Å². The molecule has 3 rings (SSSR count). The molecule has 0 aliphatic rings. The summed E-state index contributed by atoms with van der Waals surface area (Å²) in [6.45, 7) is 19.3. The van der Waals surface area contributed by atoms with E-state index in [1.165, 1.54) is 39.3 Å². The molecule has 1 N–H and O–H groups in total. The average Bonchev–Trinajstić information content (AvgIpc) is 2.82. The molecule has 0 bridgehead atoms. The van der Waals surface area contributed by atoms with Gasteiger partial charge in [-0.25, -0.2) is 0 Å². The molecule has 0 aliphatic carbocycles. The fourth-order valence-corrected chi connectivity index (χ4v) is 8.55. The maximum atomic E-state index is 14.1. The highest BCUT2D eigenvalue weighted by atomic mass is 32.7. The second-order valence-electron chi connectivity index (χ2n) is 10.4. The Bertz CT molecular complexity index is 1230. The van der Waals surface area contributed by atoms with Crippen LogP contribution in [0, 0.1) is 41.5 Å². The molecule has 0 amide bonds. The third-order valence-electron chi connectivity index (χ3n) is 6.81. The number of hydrogen-bond acceptors (Lipinski definition) is 3. The van der Waals surface area contributed by atoms with Crippen molar-refractivity contribution in [3.05, 3.63) is 99.6 Å². The third kappa shape index (κ3) is 7.49. The van der Waals surface area contributed by atoms with Gasteiger partial charge in [-0.15, -0.1) is 0 Å². The van der Waals surface area contributed by atoms with Crippen LogP contribution in [0.4, 0.5) is 11.4 Å². The first-order valence-corrected chi connectivity index (χ1v) is 15.8. The molecule has 3 aromatic carbocycles. The second kappa shape index (κ2) is 12.8. The zero-order valence-corrected chi connectivity index (χ0v) is 25.5. The third-order valence-corrected chi connectivity index (χ3v) is 10.5. The summed E-state index contributed by atoms with van der Waals surface area (Å²) in [5, 5.41) is 3.87. The lowest BCUT2D eigenvalue weighted by Gasteiger charge is -2.30. The van der Waals surface area contributed by atoms with Crippen LogP contribution in [0.3, 0.4) is 0 Å². The summed E-state index contributed by atoms with van der Waals surface area (Å²) < 4.78 is 16.3. The number of rotatable bonds is 10. The summed E-state index contributed by atoms with van der Waals surface area (Å²) in [6.07, 6.45) is 4.26. The highest BCUT2D eigenvalue weighted by Gasteiger charge is 2.40. The van der Waals surface area contributed by atoms with E-state index in [4.69, 9.17) is 0 Å². The second-order valence-corrected chi connectivity index (χ2v) is 13.8. The van der Waals surface area contributed by atoms with Crippen molar-refractivity contribution < 1.29 is 4.57 Å². The Morgan fingerprint density at radius 2 is 1.32 bits per heavy atom. The zero-order chi connectivity index (χ0) is 27.3. The molecule has 3 nitrogen and oxygen atoms in total. The normalized spacial score (nSPS) is 14.4. The molecule has 196 valence electrons. The number of hydrogen-bond donors (Lipinski definition) is 1. The molecule has 0 saturated carbocycles. The Hall–Kier alpha value is -2.55. The zero-order valence-electron chi connectivity index (χ0n) is 23.8. The summed E-state index contributed by atoms with van der Waals surface area (Å²) >= 11 is 1.52. The summed E-state index contributed by atoms with van der Waals surface area (Å²) in [5.41, 5.74) is 10.7. The molecule has 0 aliphatic heterocycles. The predicted octanol–water partition coefficient (Wildman–Crippen LogP) is 9.73. The number of nitrogens with zero attached hydrogens (tertiary/aromatic N) is 1. The fraction of sp³-hybridized carbons (Fsp3) is 0.375. The SMILES string of the molecule is Cc1cc(C)c(NC(C)C(C)N(c2c(C)cc(C)cc2C)[P+](=O)SC(C)/C=C/c2ccccc2)c(C)c1. The van der Waals surface area contributed by atoms with Gasteiger partial charge in [0, 0.05) is 11.7 Å². The van der Waals surface area contributed by atoms with Crippen LogP contribution in [0.25, 0.3) is 6.08 Å². The fourth-order valence-electron chi connectivity index (χ4n) is 4.97. The summed E-state index contributed by atoms with van der Waals surface area (Å²) in [6, 6.07) is 19.2. The van der Waals surface area contributed by atoms with Gasteiger partial charge in [0.15, 0.2) is 11.4 Å². The largest absolute Gasteiger partial charge is 0.538 e. The molecule has 3 aromatic rings. The molecular weight excluding hydrogens is 491 g/mol. The van der Waals surface area contributed by atoms with Crippen molar-refractivity contribution in [1.29, 1.82) is 0 Å². The van der Waals surface area contributed by atoms with Gasteiger partial charge in [0.1, 0.15) is 0 Å². The minimum absolute atomic E-state index is 0.00150. The van der Waals surface area contributed by atoms with Crippen molar-refractivity contribution in [3.8, 4) is 0 Å². The van der Waals surface area contributed by atoms with Crippen molar-refractivity contribution in [2.24, 2.45) is 0 Å². The van der Waals surface area contributed by atoms with Crippen molar-refractivity contribution in [2.75, 3.05) is 9.99 Å². The first kappa shape index (κ1) is 29.0. The van der Waals surface area contributed by atoms with Crippen molar-refractivity contribution in [2.45, 2.75) is 79.6 Å². The maximum Gasteiger partial charge on any atom is 0.538 e. The first-order chi connectivity index (χ1) is 17.5. The highest BCUT2D eigenvalue weighted by molar-refractivity contribution is 8.52. The first-order valence-electron chi connectivity index (χ1n) is 13.1. The molecule has 0 spiro atoms. The molecular formula is C32H42N2OPS+. The Kier molecular flexibility index (Phi) is 10.0. The molecule has 0 aromatic heterocycles. The van der Waals surface area contributed by atoms with Gasteiger partial charge in [0.2, 0.25) is 0 Å². The number of aryl methyl sites for hydroxylation is 6. The van der Waals surface area contributed by atoms with Gasteiger partial charge in [-0.1, -0.05) is 77.9 Å². The summed E-state index contributed by atoms with van der Waals surface area (Å²) in [5.74, 6) is 0.